The molecule has 5 heteroatoms. The van der Waals surface area contributed by atoms with Gasteiger partial charge < -0.3 is 14.2 Å². The van der Waals surface area contributed by atoms with Crippen LogP contribution in [-0.2, 0) is 4.65 Å². The van der Waals surface area contributed by atoms with Gasteiger partial charge in [-0.2, -0.15) is 0 Å². The maximum atomic E-state index is 10.3. The van der Waals surface area contributed by atoms with Gasteiger partial charge in [0.25, 0.3) is 0 Å². The van der Waals surface area contributed by atoms with Gasteiger partial charge in [0.15, 0.2) is 5.58 Å². The summed E-state index contributed by atoms with van der Waals surface area (Å²) in [6.07, 6.45) is 0. The third-order valence-electron chi connectivity index (χ3n) is 5.16. The van der Waals surface area contributed by atoms with E-state index in [1.54, 1.807) is 21.3 Å². The minimum atomic E-state index is -0.982. The first-order valence-electron chi connectivity index (χ1n) is 8.71. The molecular formula is C21H21BNO3. The highest BCUT2D eigenvalue weighted by molar-refractivity contribution is 6.52. The highest BCUT2D eigenvalue weighted by Crippen LogP contribution is 2.29. The summed E-state index contributed by atoms with van der Waals surface area (Å²) in [7, 11) is 1.69. The third kappa shape index (κ3) is 2.77. The largest absolute Gasteiger partial charge is 0.454 e. The van der Waals surface area contributed by atoms with Crippen molar-refractivity contribution in [2.45, 2.75) is 38.9 Å². The lowest BCUT2D eigenvalue weighted by molar-refractivity contribution is -0.0893. The van der Waals surface area contributed by atoms with Gasteiger partial charge in [-0.05, 0) is 51.4 Å². The van der Waals surface area contributed by atoms with E-state index in [0.717, 1.165) is 38.4 Å². The van der Waals surface area contributed by atoms with Crippen molar-refractivity contribution in [2.75, 3.05) is 0 Å². The van der Waals surface area contributed by atoms with Gasteiger partial charge in [-0.3, -0.25) is 0 Å². The number of furan rings is 1. The average Bonchev–Trinajstić information content (AvgIpc) is 2.95. The summed E-state index contributed by atoms with van der Waals surface area (Å²) < 4.78 is 12.0. The number of aromatic nitrogens is 1. The van der Waals surface area contributed by atoms with Crippen LogP contribution in [0.4, 0.5) is 0 Å². The molecule has 0 spiro atoms. The second kappa shape index (κ2) is 5.83. The van der Waals surface area contributed by atoms with Crippen LogP contribution >= 0.6 is 0 Å². The fourth-order valence-electron chi connectivity index (χ4n) is 2.81. The zero-order chi connectivity index (χ0) is 18.5. The fourth-order valence-corrected chi connectivity index (χ4v) is 2.81. The summed E-state index contributed by atoms with van der Waals surface area (Å²) in [4.78, 5) is 4.80. The van der Waals surface area contributed by atoms with Gasteiger partial charge in [0.05, 0.1) is 16.7 Å². The molecule has 4 aromatic rings. The molecule has 0 amide bonds. The second-order valence-corrected chi connectivity index (χ2v) is 7.66. The predicted molar refractivity (Wildman–Crippen MR) is 106 cm³/mol. The summed E-state index contributed by atoms with van der Waals surface area (Å²) in [6.45, 7) is 7.20. The summed E-state index contributed by atoms with van der Waals surface area (Å²) in [5.74, 6) is 0. The van der Waals surface area contributed by atoms with Gasteiger partial charge in [-0.1, -0.05) is 30.3 Å². The number of hydrogen-bond acceptors (Lipinski definition) is 4. The topological polar surface area (TPSA) is 55.5 Å². The van der Waals surface area contributed by atoms with Gasteiger partial charge in [0.2, 0.25) is 0 Å². The maximum absolute atomic E-state index is 10.3. The molecule has 0 fully saturated rings. The second-order valence-electron chi connectivity index (χ2n) is 7.66. The molecule has 0 aliphatic carbocycles. The molecule has 4 nitrogen and oxygen atoms in total. The summed E-state index contributed by atoms with van der Waals surface area (Å²) in [6, 6.07) is 15.8. The van der Waals surface area contributed by atoms with Gasteiger partial charge in [-0.15, -0.1) is 0 Å². The Morgan fingerprint density at radius 1 is 1.00 bits per heavy atom. The molecule has 2 aromatic carbocycles. The smallest absolute Gasteiger partial charge is 0.331 e. The summed E-state index contributed by atoms with van der Waals surface area (Å²) in [5.41, 5.74) is 2.41. The molecule has 0 atom stereocenters. The lowest BCUT2D eigenvalue weighted by Gasteiger charge is -2.37. The average molecular weight is 346 g/mol. The number of para-hydroxylation sites is 1. The zero-order valence-electron chi connectivity index (χ0n) is 15.4. The number of hydrogen-bond donors (Lipinski definition) is 1. The summed E-state index contributed by atoms with van der Waals surface area (Å²) in [5, 5.41) is 12.3. The fraction of sp³-hybridized carbons (Fsp3) is 0.286. The van der Waals surface area contributed by atoms with Gasteiger partial charge >= 0.3 is 7.48 Å². The van der Waals surface area contributed by atoms with Crippen molar-refractivity contribution in [3.8, 4) is 0 Å². The minimum absolute atomic E-state index is 0.741. The monoisotopic (exact) mass is 346 g/mol. The zero-order valence-corrected chi connectivity index (χ0v) is 15.4. The Hall–Kier alpha value is -2.37. The molecule has 1 radical (unpaired) electrons. The molecule has 2 heterocycles. The van der Waals surface area contributed by atoms with E-state index in [2.05, 4.69) is 0 Å². The third-order valence-corrected chi connectivity index (χ3v) is 5.16. The molecule has 1 N–H and O–H groups in total. The number of aliphatic hydroxyl groups is 1. The SMILES string of the molecule is CC(C)(O)C(C)(C)O[B]c1cccc2oc3cc4ccccc4nc3c12. The Balaban J connectivity index is 1.84. The summed E-state index contributed by atoms with van der Waals surface area (Å²) >= 11 is 0. The van der Waals surface area contributed by atoms with Crippen LogP contribution in [0.25, 0.3) is 33.0 Å². The van der Waals surface area contributed by atoms with E-state index in [0.29, 0.717) is 0 Å². The number of benzene rings is 2. The van der Waals surface area contributed by atoms with Crippen molar-refractivity contribution in [3.63, 3.8) is 0 Å². The van der Waals surface area contributed by atoms with Crippen molar-refractivity contribution in [1.29, 1.82) is 0 Å². The molecule has 2 aromatic heterocycles. The van der Waals surface area contributed by atoms with Crippen molar-refractivity contribution >= 4 is 45.9 Å². The van der Waals surface area contributed by atoms with Crippen LogP contribution in [0.5, 0.6) is 0 Å². The molecule has 131 valence electrons. The van der Waals surface area contributed by atoms with E-state index in [-0.39, 0.29) is 0 Å². The lowest BCUT2D eigenvalue weighted by Crippen LogP contribution is -2.49. The van der Waals surface area contributed by atoms with Crippen molar-refractivity contribution < 1.29 is 14.2 Å². The van der Waals surface area contributed by atoms with Crippen LogP contribution in [0, 0.1) is 0 Å². The quantitative estimate of drug-likeness (QED) is 0.569. The molecule has 26 heavy (non-hydrogen) atoms. The Morgan fingerprint density at radius 2 is 1.77 bits per heavy atom. The van der Waals surface area contributed by atoms with E-state index in [1.165, 1.54) is 0 Å². The van der Waals surface area contributed by atoms with Crippen LogP contribution in [0.15, 0.2) is 52.9 Å². The van der Waals surface area contributed by atoms with Crippen molar-refractivity contribution in [3.05, 3.63) is 48.5 Å². The minimum Gasteiger partial charge on any atom is -0.454 e. The number of nitrogens with zero attached hydrogens (tertiary/aromatic N) is 1. The van der Waals surface area contributed by atoms with Crippen LogP contribution < -0.4 is 5.46 Å². The molecule has 0 unspecified atom stereocenters. The Bertz CT molecular complexity index is 1110. The Morgan fingerprint density at radius 3 is 2.54 bits per heavy atom. The maximum Gasteiger partial charge on any atom is 0.331 e. The molecule has 0 saturated heterocycles. The van der Waals surface area contributed by atoms with Crippen molar-refractivity contribution in [1.82, 2.24) is 4.98 Å². The van der Waals surface area contributed by atoms with Crippen LogP contribution in [0.2, 0.25) is 0 Å². The molecule has 0 aliphatic rings. The lowest BCUT2D eigenvalue weighted by atomic mass is 9.81. The molecule has 0 aliphatic heterocycles. The highest BCUT2D eigenvalue weighted by atomic mass is 16.5. The molecule has 0 bridgehead atoms. The van der Waals surface area contributed by atoms with E-state index >= 15 is 0 Å². The first-order chi connectivity index (χ1) is 12.3. The van der Waals surface area contributed by atoms with Gasteiger partial charge in [0, 0.05) is 10.8 Å². The van der Waals surface area contributed by atoms with Gasteiger partial charge in [-0.25, -0.2) is 4.98 Å². The first kappa shape index (κ1) is 17.1. The highest BCUT2D eigenvalue weighted by Gasteiger charge is 2.36. The van der Waals surface area contributed by atoms with Crippen LogP contribution in [0.3, 0.4) is 0 Å². The number of fused-ring (bicyclic) bond motifs is 4. The molecule has 0 saturated carbocycles. The predicted octanol–water partition coefficient (Wildman–Crippen LogP) is 3.94. The Labute approximate surface area is 153 Å². The van der Waals surface area contributed by atoms with E-state index < -0.39 is 11.2 Å². The van der Waals surface area contributed by atoms with E-state index in [4.69, 9.17) is 14.1 Å². The standard InChI is InChI=1S/C21H21BNO3/c1-20(2,24)21(3,4)26-22-14-9-7-11-16-18(14)19-17(25-16)12-13-8-5-6-10-15(13)23-19/h5-12,24H,1-4H3. The Kier molecular flexibility index (Phi) is 3.83. The van der Waals surface area contributed by atoms with Crippen molar-refractivity contribution in [2.24, 2.45) is 0 Å². The number of rotatable bonds is 4. The van der Waals surface area contributed by atoms with E-state index in [1.807, 2.05) is 62.4 Å². The van der Waals surface area contributed by atoms with E-state index in [9.17, 15) is 5.11 Å². The first-order valence-corrected chi connectivity index (χ1v) is 8.71. The molecular weight excluding hydrogens is 325 g/mol. The molecule has 4 rings (SSSR count). The van der Waals surface area contributed by atoms with Gasteiger partial charge in [0.1, 0.15) is 11.1 Å². The number of pyridine rings is 1. The van der Waals surface area contributed by atoms with Crippen LogP contribution in [0.1, 0.15) is 27.7 Å². The van der Waals surface area contributed by atoms with Crippen LogP contribution in [-0.4, -0.2) is 28.8 Å². The normalized spacial score (nSPS) is 13.0.